The lowest BCUT2D eigenvalue weighted by Gasteiger charge is -2.11. The minimum Gasteiger partial charge on any atom is -0.466 e. The molecule has 20 heavy (non-hydrogen) atoms. The zero-order valence-electron chi connectivity index (χ0n) is 12.3. The van der Waals surface area contributed by atoms with E-state index in [4.69, 9.17) is 4.74 Å². The van der Waals surface area contributed by atoms with Gasteiger partial charge in [0.2, 0.25) is 0 Å². The third-order valence-electron chi connectivity index (χ3n) is 2.74. The number of ether oxygens (including phenoxy) is 1. The predicted octanol–water partition coefficient (Wildman–Crippen LogP) is 0.428. The van der Waals surface area contributed by atoms with Crippen LogP contribution in [0.15, 0.2) is 17.3 Å². The molecule has 1 heterocycles. The Morgan fingerprint density at radius 2 is 2.30 bits per heavy atom. The van der Waals surface area contributed by atoms with Crippen molar-refractivity contribution >= 4 is 11.9 Å². The quantitative estimate of drug-likeness (QED) is 0.328. The van der Waals surface area contributed by atoms with Gasteiger partial charge in [-0.05, 0) is 19.4 Å². The van der Waals surface area contributed by atoms with Crippen LogP contribution in [0, 0.1) is 0 Å². The molecule has 0 saturated heterocycles. The molecule has 7 nitrogen and oxygen atoms in total. The van der Waals surface area contributed by atoms with Crippen LogP contribution in [0.3, 0.4) is 0 Å². The Balaban J connectivity index is 2.20. The summed E-state index contributed by atoms with van der Waals surface area (Å²) in [4.78, 5) is 15.3. The van der Waals surface area contributed by atoms with E-state index in [0.717, 1.165) is 5.69 Å². The molecule has 0 aliphatic heterocycles. The summed E-state index contributed by atoms with van der Waals surface area (Å²) < 4.78 is 6.67. The number of aromatic nitrogens is 2. The van der Waals surface area contributed by atoms with E-state index in [9.17, 15) is 4.79 Å². The Morgan fingerprint density at radius 3 is 2.90 bits per heavy atom. The van der Waals surface area contributed by atoms with Crippen LogP contribution in [0.4, 0.5) is 0 Å². The van der Waals surface area contributed by atoms with Crippen molar-refractivity contribution < 1.29 is 9.53 Å². The van der Waals surface area contributed by atoms with E-state index in [0.29, 0.717) is 38.5 Å². The zero-order chi connectivity index (χ0) is 14.8. The van der Waals surface area contributed by atoms with Crippen molar-refractivity contribution in [3.8, 4) is 0 Å². The highest BCUT2D eigenvalue weighted by Gasteiger charge is 2.03. The third kappa shape index (κ3) is 5.73. The average molecular weight is 281 g/mol. The number of aliphatic imine (C=N–C) groups is 1. The maximum absolute atomic E-state index is 11.2. The molecule has 0 bridgehead atoms. The highest BCUT2D eigenvalue weighted by molar-refractivity contribution is 5.79. The molecule has 0 amide bonds. The van der Waals surface area contributed by atoms with Crippen molar-refractivity contribution in [1.29, 1.82) is 0 Å². The molecule has 0 aliphatic carbocycles. The maximum Gasteiger partial charge on any atom is 0.305 e. The lowest BCUT2D eigenvalue weighted by Crippen LogP contribution is -2.37. The Labute approximate surface area is 119 Å². The number of nitrogens with zero attached hydrogens (tertiary/aromatic N) is 3. The van der Waals surface area contributed by atoms with Gasteiger partial charge in [0.25, 0.3) is 0 Å². The molecule has 1 rings (SSSR count). The van der Waals surface area contributed by atoms with Gasteiger partial charge >= 0.3 is 5.97 Å². The Hall–Kier alpha value is -2.05. The van der Waals surface area contributed by atoms with Crippen molar-refractivity contribution in [2.75, 3.05) is 20.2 Å². The van der Waals surface area contributed by atoms with E-state index in [1.807, 2.05) is 13.1 Å². The van der Waals surface area contributed by atoms with Gasteiger partial charge in [-0.15, -0.1) is 0 Å². The van der Waals surface area contributed by atoms with Crippen LogP contribution in [0.25, 0.3) is 0 Å². The molecular formula is C13H23N5O2. The summed E-state index contributed by atoms with van der Waals surface area (Å²) in [6.07, 6.45) is 2.89. The molecule has 0 radical (unpaired) electrons. The summed E-state index contributed by atoms with van der Waals surface area (Å²) in [6, 6.07) is 1.95. The lowest BCUT2D eigenvalue weighted by atomic mass is 10.3. The Bertz CT molecular complexity index is 442. The number of rotatable bonds is 7. The van der Waals surface area contributed by atoms with Crippen LogP contribution in [-0.4, -0.2) is 41.9 Å². The second kappa shape index (κ2) is 8.95. The number of aryl methyl sites for hydroxylation is 1. The monoisotopic (exact) mass is 281 g/mol. The van der Waals surface area contributed by atoms with Gasteiger partial charge < -0.3 is 15.4 Å². The number of esters is 1. The molecule has 1 aromatic heterocycles. The van der Waals surface area contributed by atoms with Gasteiger partial charge in [0.05, 0.1) is 18.8 Å². The van der Waals surface area contributed by atoms with Gasteiger partial charge in [-0.2, -0.15) is 5.10 Å². The maximum atomic E-state index is 11.2. The summed E-state index contributed by atoms with van der Waals surface area (Å²) in [5.41, 5.74) is 1.07. The van der Waals surface area contributed by atoms with Gasteiger partial charge in [-0.25, -0.2) is 0 Å². The second-order valence-corrected chi connectivity index (χ2v) is 4.21. The lowest BCUT2D eigenvalue weighted by molar-refractivity contribution is -0.143. The summed E-state index contributed by atoms with van der Waals surface area (Å²) in [7, 11) is 3.61. The highest BCUT2D eigenvalue weighted by Crippen LogP contribution is 1.95. The van der Waals surface area contributed by atoms with E-state index in [1.54, 1.807) is 24.9 Å². The standard InChI is InChI=1S/C13H23N5O2/c1-4-20-12(19)6-5-8-15-13(14-2)16-10-11-7-9-17-18(11)3/h7,9H,4-6,8,10H2,1-3H3,(H2,14,15,16). The summed E-state index contributed by atoms with van der Waals surface area (Å²) in [5.74, 6) is 0.544. The number of hydrogen-bond acceptors (Lipinski definition) is 4. The summed E-state index contributed by atoms with van der Waals surface area (Å²) >= 11 is 0. The summed E-state index contributed by atoms with van der Waals surface area (Å²) in [6.45, 7) is 3.55. The Kier molecular flexibility index (Phi) is 7.16. The average Bonchev–Trinajstić information content (AvgIpc) is 2.84. The number of carbonyl (C=O) groups excluding carboxylic acids is 1. The minimum atomic E-state index is -0.160. The number of carbonyl (C=O) groups is 1. The molecule has 0 fully saturated rings. The molecule has 112 valence electrons. The van der Waals surface area contributed by atoms with Gasteiger partial charge in [0.15, 0.2) is 5.96 Å². The Morgan fingerprint density at radius 1 is 1.50 bits per heavy atom. The number of guanidine groups is 1. The van der Waals surface area contributed by atoms with Gasteiger partial charge in [-0.3, -0.25) is 14.5 Å². The molecule has 0 aromatic carbocycles. The van der Waals surface area contributed by atoms with Crippen molar-refractivity contribution in [2.24, 2.45) is 12.0 Å². The fourth-order valence-corrected chi connectivity index (χ4v) is 1.64. The van der Waals surface area contributed by atoms with E-state index >= 15 is 0 Å². The first-order valence-electron chi connectivity index (χ1n) is 6.74. The topological polar surface area (TPSA) is 80.5 Å². The van der Waals surface area contributed by atoms with E-state index in [-0.39, 0.29) is 5.97 Å². The highest BCUT2D eigenvalue weighted by atomic mass is 16.5. The molecule has 0 aliphatic rings. The zero-order valence-corrected chi connectivity index (χ0v) is 12.3. The van der Waals surface area contributed by atoms with Crippen LogP contribution >= 0.6 is 0 Å². The van der Waals surface area contributed by atoms with Crippen molar-refractivity contribution in [3.05, 3.63) is 18.0 Å². The molecule has 2 N–H and O–H groups in total. The van der Waals surface area contributed by atoms with E-state index in [1.165, 1.54) is 0 Å². The first kappa shape index (κ1) is 16.0. The van der Waals surface area contributed by atoms with Gasteiger partial charge in [0, 0.05) is 33.3 Å². The summed E-state index contributed by atoms with van der Waals surface area (Å²) in [5, 5.41) is 10.4. The second-order valence-electron chi connectivity index (χ2n) is 4.21. The third-order valence-corrected chi connectivity index (χ3v) is 2.74. The van der Waals surface area contributed by atoms with E-state index < -0.39 is 0 Å². The molecule has 0 atom stereocenters. The normalized spacial score (nSPS) is 11.2. The molecular weight excluding hydrogens is 258 g/mol. The predicted molar refractivity (Wildman–Crippen MR) is 77.3 cm³/mol. The van der Waals surface area contributed by atoms with Gasteiger partial charge in [0.1, 0.15) is 0 Å². The first-order chi connectivity index (χ1) is 9.67. The van der Waals surface area contributed by atoms with Crippen LogP contribution in [0.5, 0.6) is 0 Å². The largest absolute Gasteiger partial charge is 0.466 e. The smallest absolute Gasteiger partial charge is 0.305 e. The fourth-order valence-electron chi connectivity index (χ4n) is 1.64. The van der Waals surface area contributed by atoms with Crippen LogP contribution in [-0.2, 0) is 23.1 Å². The van der Waals surface area contributed by atoms with Gasteiger partial charge in [-0.1, -0.05) is 0 Å². The van der Waals surface area contributed by atoms with Crippen molar-refractivity contribution in [1.82, 2.24) is 20.4 Å². The fraction of sp³-hybridized carbons (Fsp3) is 0.615. The number of nitrogens with one attached hydrogen (secondary N) is 2. The van der Waals surface area contributed by atoms with E-state index in [2.05, 4.69) is 20.7 Å². The van der Waals surface area contributed by atoms with Crippen LogP contribution < -0.4 is 10.6 Å². The molecule has 1 aromatic rings. The molecule has 0 saturated carbocycles. The minimum absolute atomic E-state index is 0.160. The molecule has 0 unspecified atom stereocenters. The van der Waals surface area contributed by atoms with Crippen molar-refractivity contribution in [3.63, 3.8) is 0 Å². The van der Waals surface area contributed by atoms with Crippen LogP contribution in [0.1, 0.15) is 25.5 Å². The van der Waals surface area contributed by atoms with Crippen molar-refractivity contribution in [2.45, 2.75) is 26.3 Å². The molecule has 0 spiro atoms. The molecule has 7 heteroatoms. The number of hydrogen-bond donors (Lipinski definition) is 2. The van der Waals surface area contributed by atoms with Crippen LogP contribution in [0.2, 0.25) is 0 Å². The SMILES string of the molecule is CCOC(=O)CCCNC(=NC)NCc1ccnn1C. The first-order valence-corrected chi connectivity index (χ1v) is 6.74.